The van der Waals surface area contributed by atoms with E-state index in [0.717, 1.165) is 0 Å². The molecular formula is C17H12Cl2N2O3S. The Bertz CT molecular complexity index is 907. The number of furan rings is 2. The number of carbonyl (C=O) groups is 1. The maximum absolute atomic E-state index is 12.2. The Kier molecular flexibility index (Phi) is 5.43. The summed E-state index contributed by atoms with van der Waals surface area (Å²) >= 11 is 17.2. The first-order chi connectivity index (χ1) is 12.0. The van der Waals surface area contributed by atoms with Crippen molar-refractivity contribution in [3.05, 3.63) is 70.3 Å². The number of carbonyl (C=O) groups excluding carboxylic acids is 1. The summed E-state index contributed by atoms with van der Waals surface area (Å²) in [5.41, 5.74) is 0.603. The highest BCUT2D eigenvalue weighted by molar-refractivity contribution is 7.80. The SMILES string of the molecule is O=C(NC(=S)NCc1ccco1)c1ccc(-c2cc(Cl)ccc2Cl)o1. The van der Waals surface area contributed by atoms with Crippen LogP contribution in [0.1, 0.15) is 16.3 Å². The molecule has 0 radical (unpaired) electrons. The molecule has 1 amide bonds. The molecule has 0 aliphatic rings. The number of halogens is 2. The van der Waals surface area contributed by atoms with Crippen molar-refractivity contribution in [2.45, 2.75) is 6.54 Å². The van der Waals surface area contributed by atoms with Crippen LogP contribution in [-0.2, 0) is 6.54 Å². The Morgan fingerprint density at radius 1 is 1.16 bits per heavy atom. The van der Waals surface area contributed by atoms with Gasteiger partial charge in [0.1, 0.15) is 11.5 Å². The number of thiocarbonyl (C=S) groups is 1. The highest BCUT2D eigenvalue weighted by Crippen LogP contribution is 2.31. The molecule has 0 aliphatic carbocycles. The predicted octanol–water partition coefficient (Wildman–Crippen LogP) is 4.65. The van der Waals surface area contributed by atoms with Gasteiger partial charge in [-0.2, -0.15) is 0 Å². The van der Waals surface area contributed by atoms with Crippen molar-refractivity contribution < 1.29 is 13.6 Å². The van der Waals surface area contributed by atoms with Crippen LogP contribution in [0.4, 0.5) is 0 Å². The van der Waals surface area contributed by atoms with Gasteiger partial charge in [0.2, 0.25) is 0 Å². The molecule has 25 heavy (non-hydrogen) atoms. The predicted molar refractivity (Wildman–Crippen MR) is 99.8 cm³/mol. The molecule has 0 saturated heterocycles. The van der Waals surface area contributed by atoms with Gasteiger partial charge < -0.3 is 14.2 Å². The second-order valence-electron chi connectivity index (χ2n) is 5.00. The summed E-state index contributed by atoms with van der Waals surface area (Å²) in [7, 11) is 0. The highest BCUT2D eigenvalue weighted by atomic mass is 35.5. The number of hydrogen-bond donors (Lipinski definition) is 2. The van der Waals surface area contributed by atoms with Crippen LogP contribution in [-0.4, -0.2) is 11.0 Å². The van der Waals surface area contributed by atoms with Crippen molar-refractivity contribution in [3.63, 3.8) is 0 Å². The highest BCUT2D eigenvalue weighted by Gasteiger charge is 2.15. The third-order valence-electron chi connectivity index (χ3n) is 3.25. The molecule has 0 unspecified atom stereocenters. The van der Waals surface area contributed by atoms with Gasteiger partial charge in [0, 0.05) is 10.6 Å². The summed E-state index contributed by atoms with van der Waals surface area (Å²) in [6.07, 6.45) is 1.56. The first-order valence-corrected chi connectivity index (χ1v) is 8.36. The smallest absolute Gasteiger partial charge is 0.293 e. The molecule has 0 atom stereocenters. The average molecular weight is 395 g/mol. The van der Waals surface area contributed by atoms with Crippen molar-refractivity contribution in [1.29, 1.82) is 0 Å². The van der Waals surface area contributed by atoms with Gasteiger partial charge in [-0.05, 0) is 54.7 Å². The van der Waals surface area contributed by atoms with Crippen molar-refractivity contribution in [1.82, 2.24) is 10.6 Å². The first kappa shape index (κ1) is 17.5. The minimum absolute atomic E-state index is 0.105. The largest absolute Gasteiger partial charge is 0.467 e. The summed E-state index contributed by atoms with van der Waals surface area (Å²) in [4.78, 5) is 12.2. The average Bonchev–Trinajstić information content (AvgIpc) is 3.26. The number of hydrogen-bond acceptors (Lipinski definition) is 4. The molecule has 1 aromatic carbocycles. The number of rotatable bonds is 4. The monoisotopic (exact) mass is 394 g/mol. The van der Waals surface area contributed by atoms with Gasteiger partial charge in [-0.1, -0.05) is 23.2 Å². The Hall–Kier alpha value is -2.28. The van der Waals surface area contributed by atoms with E-state index in [1.807, 2.05) is 0 Å². The van der Waals surface area contributed by atoms with Crippen LogP contribution in [0.3, 0.4) is 0 Å². The van der Waals surface area contributed by atoms with Crippen molar-refractivity contribution in [2.24, 2.45) is 0 Å². The molecule has 2 heterocycles. The van der Waals surface area contributed by atoms with Crippen LogP contribution < -0.4 is 10.6 Å². The topological polar surface area (TPSA) is 67.4 Å². The molecule has 3 aromatic rings. The molecule has 3 rings (SSSR count). The van der Waals surface area contributed by atoms with E-state index < -0.39 is 5.91 Å². The van der Waals surface area contributed by atoms with Crippen LogP contribution in [0, 0.1) is 0 Å². The van der Waals surface area contributed by atoms with Gasteiger partial charge in [0.15, 0.2) is 10.9 Å². The molecule has 0 saturated carbocycles. The second kappa shape index (κ2) is 7.74. The van der Waals surface area contributed by atoms with E-state index >= 15 is 0 Å². The van der Waals surface area contributed by atoms with Crippen LogP contribution >= 0.6 is 35.4 Å². The van der Waals surface area contributed by atoms with Crippen LogP contribution in [0.2, 0.25) is 10.0 Å². The fourth-order valence-electron chi connectivity index (χ4n) is 2.08. The maximum atomic E-state index is 12.2. The van der Waals surface area contributed by atoms with Gasteiger partial charge >= 0.3 is 0 Å². The minimum atomic E-state index is -0.471. The van der Waals surface area contributed by atoms with Crippen LogP contribution in [0.25, 0.3) is 11.3 Å². The van der Waals surface area contributed by atoms with Gasteiger partial charge in [0.05, 0.1) is 17.8 Å². The molecule has 8 heteroatoms. The fraction of sp³-hybridized carbons (Fsp3) is 0.0588. The number of nitrogens with one attached hydrogen (secondary N) is 2. The first-order valence-electron chi connectivity index (χ1n) is 7.20. The summed E-state index contributed by atoms with van der Waals surface area (Å²) in [5, 5.41) is 6.56. The van der Waals surface area contributed by atoms with Crippen LogP contribution in [0.15, 0.2) is 57.6 Å². The standard InChI is InChI=1S/C17H12Cl2N2O3S/c18-10-3-4-13(19)12(8-10)14-5-6-15(24-14)16(22)21-17(25)20-9-11-2-1-7-23-11/h1-8H,9H2,(H2,20,21,22,25). The molecule has 2 N–H and O–H groups in total. The van der Waals surface area contributed by atoms with Crippen molar-refractivity contribution in [2.75, 3.05) is 0 Å². The fourth-order valence-corrected chi connectivity index (χ4v) is 2.63. The van der Waals surface area contributed by atoms with E-state index in [-0.39, 0.29) is 10.9 Å². The van der Waals surface area contributed by atoms with E-state index in [1.165, 1.54) is 6.07 Å². The summed E-state index contributed by atoms with van der Waals surface area (Å²) in [6.45, 7) is 0.369. The molecule has 128 valence electrons. The lowest BCUT2D eigenvalue weighted by Gasteiger charge is -2.07. The Balaban J connectivity index is 1.64. The van der Waals surface area contributed by atoms with E-state index in [1.54, 1.807) is 42.7 Å². The molecule has 0 fully saturated rings. The third kappa shape index (κ3) is 4.42. The van der Waals surface area contributed by atoms with Gasteiger partial charge in [0.25, 0.3) is 5.91 Å². The van der Waals surface area contributed by atoms with Crippen molar-refractivity contribution >= 4 is 46.4 Å². The zero-order chi connectivity index (χ0) is 17.8. The van der Waals surface area contributed by atoms with Crippen molar-refractivity contribution in [3.8, 4) is 11.3 Å². The van der Waals surface area contributed by atoms with Crippen LogP contribution in [0.5, 0.6) is 0 Å². The summed E-state index contributed by atoms with van der Waals surface area (Å²) in [5.74, 6) is 0.772. The molecular weight excluding hydrogens is 383 g/mol. The molecule has 0 aliphatic heterocycles. The Morgan fingerprint density at radius 2 is 2.00 bits per heavy atom. The second-order valence-corrected chi connectivity index (χ2v) is 6.26. The third-order valence-corrected chi connectivity index (χ3v) is 4.07. The lowest BCUT2D eigenvalue weighted by Crippen LogP contribution is -2.38. The molecule has 5 nitrogen and oxygen atoms in total. The quantitative estimate of drug-likeness (QED) is 0.630. The van der Waals surface area contributed by atoms with Gasteiger partial charge in [-0.3, -0.25) is 10.1 Å². The number of benzene rings is 1. The van der Waals surface area contributed by atoms with E-state index in [0.29, 0.717) is 33.7 Å². The molecule has 0 spiro atoms. The molecule has 2 aromatic heterocycles. The summed E-state index contributed by atoms with van der Waals surface area (Å²) < 4.78 is 10.7. The Labute approximate surface area is 158 Å². The van der Waals surface area contributed by atoms with Gasteiger partial charge in [-0.15, -0.1) is 0 Å². The lowest BCUT2D eigenvalue weighted by atomic mass is 10.2. The Morgan fingerprint density at radius 3 is 2.76 bits per heavy atom. The molecule has 0 bridgehead atoms. The normalized spacial score (nSPS) is 10.5. The van der Waals surface area contributed by atoms with Gasteiger partial charge in [-0.25, -0.2) is 0 Å². The zero-order valence-electron chi connectivity index (χ0n) is 12.7. The maximum Gasteiger partial charge on any atom is 0.293 e. The summed E-state index contributed by atoms with van der Waals surface area (Å²) in [6, 6.07) is 11.7. The van der Waals surface area contributed by atoms with E-state index in [4.69, 9.17) is 44.3 Å². The van der Waals surface area contributed by atoms with E-state index in [2.05, 4.69) is 10.6 Å². The lowest BCUT2D eigenvalue weighted by molar-refractivity contribution is 0.0950. The van der Waals surface area contributed by atoms with E-state index in [9.17, 15) is 4.79 Å². The number of amides is 1. The minimum Gasteiger partial charge on any atom is -0.467 e. The zero-order valence-corrected chi connectivity index (χ0v) is 15.0.